The van der Waals surface area contributed by atoms with E-state index < -0.39 is 0 Å². The molecule has 0 aromatic carbocycles. The van der Waals surface area contributed by atoms with Gasteiger partial charge in [0.05, 0.1) is 0 Å². The first kappa shape index (κ1) is 6.15. The highest BCUT2D eigenvalue weighted by atomic mass is 16.1. The maximum Gasteiger partial charge on any atom is 0.142 e. The average molecular weight is 96.1 g/mol. The minimum Gasteiger partial charge on any atom is -0.299 e. The monoisotopic (exact) mass is 96.1 g/mol. The predicted molar refractivity (Wildman–Crippen MR) is 30.0 cm³/mol. The molecular weight excluding hydrogens is 88.1 g/mol. The van der Waals surface area contributed by atoms with Crippen molar-refractivity contribution < 1.29 is 4.79 Å². The van der Waals surface area contributed by atoms with E-state index in [-0.39, 0.29) is 0 Å². The van der Waals surface area contributed by atoms with E-state index >= 15 is 0 Å². The SMILES string of the molecule is C=CC/C=C/C=O. The molecule has 0 atom stereocenters. The number of allylic oxidation sites excluding steroid dienone is 3. The van der Waals surface area contributed by atoms with Gasteiger partial charge in [0, 0.05) is 0 Å². The van der Waals surface area contributed by atoms with Crippen LogP contribution in [0, 0.1) is 0 Å². The van der Waals surface area contributed by atoms with Crippen LogP contribution < -0.4 is 0 Å². The van der Waals surface area contributed by atoms with Crippen LogP contribution in [0.4, 0.5) is 0 Å². The second-order valence-corrected chi connectivity index (χ2v) is 1.09. The molecule has 7 heavy (non-hydrogen) atoms. The van der Waals surface area contributed by atoms with E-state index in [1.807, 2.05) is 0 Å². The van der Waals surface area contributed by atoms with Crippen LogP contribution in [0.15, 0.2) is 24.8 Å². The highest BCUT2D eigenvalue weighted by Gasteiger charge is 1.62. The van der Waals surface area contributed by atoms with Gasteiger partial charge >= 0.3 is 0 Å². The highest BCUT2D eigenvalue weighted by molar-refractivity contribution is 5.64. The molecule has 0 aliphatic heterocycles. The number of carbonyl (C=O) groups excluding carboxylic acids is 1. The summed E-state index contributed by atoms with van der Waals surface area (Å²) in [6.07, 6.45) is 6.48. The lowest BCUT2D eigenvalue weighted by Crippen LogP contribution is -1.57. The van der Waals surface area contributed by atoms with Crippen molar-refractivity contribution >= 4 is 6.29 Å². The molecule has 0 rings (SSSR count). The Hall–Kier alpha value is -0.850. The van der Waals surface area contributed by atoms with Crippen molar-refractivity contribution in [2.24, 2.45) is 0 Å². The van der Waals surface area contributed by atoms with Crippen molar-refractivity contribution in [3.8, 4) is 0 Å². The van der Waals surface area contributed by atoms with E-state index in [1.165, 1.54) is 6.08 Å². The van der Waals surface area contributed by atoms with Crippen LogP contribution in [0.2, 0.25) is 0 Å². The summed E-state index contributed by atoms with van der Waals surface area (Å²) in [5.74, 6) is 0. The Morgan fingerprint density at radius 3 is 2.71 bits per heavy atom. The number of aldehydes is 1. The molecule has 0 fully saturated rings. The Morgan fingerprint density at radius 1 is 1.57 bits per heavy atom. The first-order valence-corrected chi connectivity index (χ1v) is 2.13. The zero-order valence-electron chi connectivity index (χ0n) is 4.13. The fourth-order valence-corrected chi connectivity index (χ4v) is 0.230. The topological polar surface area (TPSA) is 17.1 Å². The molecular formula is C6H8O. The summed E-state index contributed by atoms with van der Waals surface area (Å²) in [5.41, 5.74) is 0. The first-order valence-electron chi connectivity index (χ1n) is 2.13. The minimum atomic E-state index is 0.753. The summed E-state index contributed by atoms with van der Waals surface area (Å²) in [4.78, 5) is 9.56. The Kier molecular flexibility index (Phi) is 4.52. The van der Waals surface area contributed by atoms with Gasteiger partial charge in [0.25, 0.3) is 0 Å². The quantitative estimate of drug-likeness (QED) is 0.294. The Balaban J connectivity index is 3.08. The maximum absolute atomic E-state index is 9.56. The highest BCUT2D eigenvalue weighted by Crippen LogP contribution is 1.78. The van der Waals surface area contributed by atoms with Crippen LogP contribution in [0.5, 0.6) is 0 Å². The summed E-state index contributed by atoms with van der Waals surface area (Å²) in [6, 6.07) is 0. The largest absolute Gasteiger partial charge is 0.299 e. The van der Waals surface area contributed by atoms with Gasteiger partial charge in [-0.05, 0) is 12.5 Å². The predicted octanol–water partition coefficient (Wildman–Crippen LogP) is 1.32. The first-order chi connectivity index (χ1) is 3.41. The lowest BCUT2D eigenvalue weighted by Gasteiger charge is -1.69. The Morgan fingerprint density at radius 2 is 2.29 bits per heavy atom. The molecule has 0 N–H and O–H groups in total. The molecule has 38 valence electrons. The third kappa shape index (κ3) is 5.15. The molecule has 0 radical (unpaired) electrons. The van der Waals surface area contributed by atoms with E-state index in [9.17, 15) is 4.79 Å². The third-order valence-electron chi connectivity index (χ3n) is 0.517. The molecule has 0 aliphatic rings. The van der Waals surface area contributed by atoms with Crippen LogP contribution in [0.25, 0.3) is 0 Å². The molecule has 0 spiro atoms. The van der Waals surface area contributed by atoms with Crippen molar-refractivity contribution in [2.75, 3.05) is 0 Å². The molecule has 1 nitrogen and oxygen atoms in total. The van der Waals surface area contributed by atoms with Gasteiger partial charge in [-0.15, -0.1) is 6.58 Å². The fourth-order valence-electron chi connectivity index (χ4n) is 0.230. The lowest BCUT2D eigenvalue weighted by atomic mass is 10.4. The average Bonchev–Trinajstić information content (AvgIpc) is 1.69. The normalized spacial score (nSPS) is 9.14. The zero-order chi connectivity index (χ0) is 5.54. The van der Waals surface area contributed by atoms with Crippen molar-refractivity contribution in [2.45, 2.75) is 6.42 Å². The van der Waals surface area contributed by atoms with Crippen LogP contribution in [0.3, 0.4) is 0 Å². The van der Waals surface area contributed by atoms with Crippen molar-refractivity contribution in [3.63, 3.8) is 0 Å². The van der Waals surface area contributed by atoms with Gasteiger partial charge in [-0.3, -0.25) is 4.79 Å². The summed E-state index contributed by atoms with van der Waals surface area (Å²) in [6.45, 7) is 3.47. The van der Waals surface area contributed by atoms with E-state index in [2.05, 4.69) is 6.58 Å². The van der Waals surface area contributed by atoms with Gasteiger partial charge in [-0.2, -0.15) is 0 Å². The summed E-state index contributed by atoms with van der Waals surface area (Å²) < 4.78 is 0. The third-order valence-corrected chi connectivity index (χ3v) is 0.517. The van der Waals surface area contributed by atoms with Crippen LogP contribution >= 0.6 is 0 Å². The molecule has 0 unspecified atom stereocenters. The number of rotatable bonds is 3. The minimum absolute atomic E-state index is 0.753. The van der Waals surface area contributed by atoms with Gasteiger partial charge in [0.1, 0.15) is 6.29 Å². The van der Waals surface area contributed by atoms with Gasteiger partial charge in [-0.1, -0.05) is 12.2 Å². The number of hydrogen-bond acceptors (Lipinski definition) is 1. The molecule has 0 aromatic rings. The zero-order valence-corrected chi connectivity index (χ0v) is 4.13. The van der Waals surface area contributed by atoms with Gasteiger partial charge < -0.3 is 0 Å². The summed E-state index contributed by atoms with van der Waals surface area (Å²) >= 11 is 0. The number of carbonyl (C=O) groups is 1. The second kappa shape index (κ2) is 5.15. The Labute approximate surface area is 43.3 Å². The lowest BCUT2D eigenvalue weighted by molar-refractivity contribution is -0.104. The molecule has 0 aromatic heterocycles. The summed E-state index contributed by atoms with van der Waals surface area (Å²) in [5, 5.41) is 0. The molecule has 0 bridgehead atoms. The second-order valence-electron chi connectivity index (χ2n) is 1.09. The van der Waals surface area contributed by atoms with E-state index in [0.717, 1.165) is 12.7 Å². The molecule has 0 amide bonds. The smallest absolute Gasteiger partial charge is 0.142 e. The Bertz CT molecular complexity index is 82.2. The summed E-state index contributed by atoms with van der Waals surface area (Å²) in [7, 11) is 0. The number of hydrogen-bond donors (Lipinski definition) is 0. The molecule has 0 aliphatic carbocycles. The van der Waals surface area contributed by atoms with Gasteiger partial charge in [0.15, 0.2) is 0 Å². The molecule has 0 saturated carbocycles. The van der Waals surface area contributed by atoms with E-state index in [1.54, 1.807) is 12.2 Å². The standard InChI is InChI=1S/C6H8O/c1-2-3-4-5-6-7/h2,4-6H,1,3H2/b5-4+. The fraction of sp³-hybridized carbons (Fsp3) is 0.167. The van der Waals surface area contributed by atoms with Crippen LogP contribution in [-0.4, -0.2) is 6.29 Å². The van der Waals surface area contributed by atoms with Crippen molar-refractivity contribution in [1.82, 2.24) is 0 Å². The van der Waals surface area contributed by atoms with Crippen molar-refractivity contribution in [3.05, 3.63) is 24.8 Å². The van der Waals surface area contributed by atoms with E-state index in [4.69, 9.17) is 0 Å². The molecule has 0 saturated heterocycles. The van der Waals surface area contributed by atoms with Crippen LogP contribution in [-0.2, 0) is 4.79 Å². The van der Waals surface area contributed by atoms with Crippen molar-refractivity contribution in [1.29, 1.82) is 0 Å². The van der Waals surface area contributed by atoms with Crippen LogP contribution in [0.1, 0.15) is 6.42 Å². The van der Waals surface area contributed by atoms with Gasteiger partial charge in [0.2, 0.25) is 0 Å². The van der Waals surface area contributed by atoms with E-state index in [0.29, 0.717) is 0 Å². The maximum atomic E-state index is 9.56. The molecule has 1 heteroatoms. The van der Waals surface area contributed by atoms with Gasteiger partial charge in [-0.25, -0.2) is 0 Å². The molecule has 0 heterocycles.